The number of rotatable bonds is 5. The molecule has 0 radical (unpaired) electrons. The van der Waals surface area contributed by atoms with Crippen molar-refractivity contribution in [1.82, 2.24) is 0 Å². The summed E-state index contributed by atoms with van der Waals surface area (Å²) < 4.78 is 15.8. The summed E-state index contributed by atoms with van der Waals surface area (Å²) in [6.45, 7) is 2.94. The Balaban J connectivity index is 2.97. The van der Waals surface area contributed by atoms with Crippen LogP contribution in [0.25, 0.3) is 0 Å². The quantitative estimate of drug-likeness (QED) is 0.798. The Morgan fingerprint density at radius 1 is 1.07 bits per heavy atom. The summed E-state index contributed by atoms with van der Waals surface area (Å²) in [6, 6.07) is 3.69. The zero-order valence-corrected chi connectivity index (χ0v) is 9.37. The fourth-order valence-electron chi connectivity index (χ4n) is 1.29. The first-order chi connectivity index (χ1) is 7.22. The molecule has 4 heteroatoms. The lowest BCUT2D eigenvalue weighted by Crippen LogP contribution is -2.11. The van der Waals surface area contributed by atoms with Crippen LogP contribution in [0, 0.1) is 6.92 Å². The van der Waals surface area contributed by atoms with Gasteiger partial charge in [0.25, 0.3) is 0 Å². The Kier molecular flexibility index (Phi) is 4.24. The number of benzene rings is 1. The van der Waals surface area contributed by atoms with Crippen LogP contribution in [-0.2, 0) is 0 Å². The first-order valence-corrected chi connectivity index (χ1v) is 4.78. The van der Waals surface area contributed by atoms with E-state index in [4.69, 9.17) is 19.9 Å². The zero-order chi connectivity index (χ0) is 11.3. The number of hydrogen-bond acceptors (Lipinski definition) is 4. The molecular weight excluding hydrogens is 194 g/mol. The molecule has 0 aliphatic carbocycles. The summed E-state index contributed by atoms with van der Waals surface area (Å²) >= 11 is 0. The van der Waals surface area contributed by atoms with Gasteiger partial charge in [-0.15, -0.1) is 0 Å². The van der Waals surface area contributed by atoms with Crippen LogP contribution in [0.5, 0.6) is 17.2 Å². The SMILES string of the molecule is COc1cc(C)c(OCCN)cc1OC. The lowest BCUT2D eigenvalue weighted by atomic mass is 10.2. The van der Waals surface area contributed by atoms with Gasteiger partial charge in [-0.05, 0) is 18.6 Å². The third-order valence-corrected chi connectivity index (χ3v) is 2.06. The molecular formula is C11H17NO3. The molecule has 0 spiro atoms. The largest absolute Gasteiger partial charge is 0.493 e. The maximum atomic E-state index is 5.47. The van der Waals surface area contributed by atoms with Crippen molar-refractivity contribution in [1.29, 1.82) is 0 Å². The molecule has 0 amide bonds. The van der Waals surface area contributed by atoms with E-state index in [2.05, 4.69) is 0 Å². The van der Waals surface area contributed by atoms with E-state index >= 15 is 0 Å². The van der Waals surface area contributed by atoms with E-state index in [1.165, 1.54) is 0 Å². The molecule has 2 N–H and O–H groups in total. The molecule has 1 aromatic carbocycles. The van der Waals surface area contributed by atoms with Gasteiger partial charge in [0.05, 0.1) is 14.2 Å². The molecule has 0 aliphatic heterocycles. The van der Waals surface area contributed by atoms with Crippen molar-refractivity contribution in [2.75, 3.05) is 27.4 Å². The Hall–Kier alpha value is -1.42. The summed E-state index contributed by atoms with van der Waals surface area (Å²) in [6.07, 6.45) is 0. The molecule has 0 fully saturated rings. The average Bonchev–Trinajstić information content (AvgIpc) is 2.27. The fraction of sp³-hybridized carbons (Fsp3) is 0.455. The lowest BCUT2D eigenvalue weighted by Gasteiger charge is -2.13. The van der Waals surface area contributed by atoms with Crippen LogP contribution in [0.4, 0.5) is 0 Å². The van der Waals surface area contributed by atoms with Crippen molar-refractivity contribution in [2.45, 2.75) is 6.92 Å². The zero-order valence-electron chi connectivity index (χ0n) is 9.37. The van der Waals surface area contributed by atoms with E-state index < -0.39 is 0 Å². The van der Waals surface area contributed by atoms with Gasteiger partial charge >= 0.3 is 0 Å². The Labute approximate surface area is 89.9 Å². The number of ether oxygens (including phenoxy) is 3. The number of aryl methyl sites for hydroxylation is 1. The van der Waals surface area contributed by atoms with Crippen LogP contribution >= 0.6 is 0 Å². The molecule has 0 heterocycles. The summed E-state index contributed by atoms with van der Waals surface area (Å²) in [4.78, 5) is 0. The Bertz CT molecular complexity index is 326. The van der Waals surface area contributed by atoms with Crippen LogP contribution < -0.4 is 19.9 Å². The molecule has 0 unspecified atom stereocenters. The minimum Gasteiger partial charge on any atom is -0.493 e. The molecule has 1 rings (SSSR count). The number of nitrogens with two attached hydrogens (primary N) is 1. The van der Waals surface area contributed by atoms with E-state index in [1.807, 2.05) is 19.1 Å². The highest BCUT2D eigenvalue weighted by Crippen LogP contribution is 2.34. The van der Waals surface area contributed by atoms with E-state index in [1.54, 1.807) is 14.2 Å². The van der Waals surface area contributed by atoms with E-state index in [-0.39, 0.29) is 0 Å². The van der Waals surface area contributed by atoms with Gasteiger partial charge in [0.2, 0.25) is 0 Å². The predicted octanol–water partition coefficient (Wildman–Crippen LogP) is 1.35. The standard InChI is InChI=1S/C11H17NO3/c1-8-6-10(13-2)11(14-3)7-9(8)15-5-4-12/h6-7H,4-5,12H2,1-3H3. The fourth-order valence-corrected chi connectivity index (χ4v) is 1.29. The maximum absolute atomic E-state index is 5.47. The second kappa shape index (κ2) is 5.46. The molecule has 0 atom stereocenters. The van der Waals surface area contributed by atoms with Gasteiger partial charge in [-0.1, -0.05) is 0 Å². The third kappa shape index (κ3) is 2.76. The predicted molar refractivity (Wildman–Crippen MR) is 58.8 cm³/mol. The van der Waals surface area contributed by atoms with E-state index in [0.29, 0.717) is 24.7 Å². The second-order valence-corrected chi connectivity index (χ2v) is 3.11. The van der Waals surface area contributed by atoms with Gasteiger partial charge in [-0.25, -0.2) is 0 Å². The topological polar surface area (TPSA) is 53.7 Å². The highest BCUT2D eigenvalue weighted by Gasteiger charge is 2.08. The first-order valence-electron chi connectivity index (χ1n) is 4.78. The van der Waals surface area contributed by atoms with Crippen molar-refractivity contribution < 1.29 is 14.2 Å². The molecule has 0 saturated heterocycles. The van der Waals surface area contributed by atoms with E-state index in [0.717, 1.165) is 11.3 Å². The molecule has 0 bridgehead atoms. The maximum Gasteiger partial charge on any atom is 0.164 e. The van der Waals surface area contributed by atoms with Crippen LogP contribution in [0.3, 0.4) is 0 Å². The van der Waals surface area contributed by atoms with Crippen LogP contribution in [0.1, 0.15) is 5.56 Å². The smallest absolute Gasteiger partial charge is 0.164 e. The average molecular weight is 211 g/mol. The molecule has 0 aromatic heterocycles. The molecule has 0 aliphatic rings. The van der Waals surface area contributed by atoms with Gasteiger partial charge in [0.1, 0.15) is 12.4 Å². The highest BCUT2D eigenvalue weighted by molar-refractivity contribution is 5.50. The second-order valence-electron chi connectivity index (χ2n) is 3.11. The lowest BCUT2D eigenvalue weighted by molar-refractivity contribution is 0.317. The van der Waals surface area contributed by atoms with Gasteiger partial charge in [-0.2, -0.15) is 0 Å². The first kappa shape index (κ1) is 11.7. The van der Waals surface area contributed by atoms with Crippen molar-refractivity contribution in [2.24, 2.45) is 5.73 Å². The Morgan fingerprint density at radius 3 is 2.20 bits per heavy atom. The normalized spacial score (nSPS) is 9.87. The summed E-state index contributed by atoms with van der Waals surface area (Å²) in [5.74, 6) is 2.14. The van der Waals surface area contributed by atoms with Crippen molar-refractivity contribution in [3.63, 3.8) is 0 Å². The van der Waals surface area contributed by atoms with Gasteiger partial charge < -0.3 is 19.9 Å². The van der Waals surface area contributed by atoms with Crippen molar-refractivity contribution in [3.8, 4) is 17.2 Å². The Morgan fingerprint density at radius 2 is 1.67 bits per heavy atom. The summed E-state index contributed by atoms with van der Waals surface area (Å²) in [5, 5.41) is 0. The van der Waals surface area contributed by atoms with Crippen LogP contribution in [-0.4, -0.2) is 27.4 Å². The van der Waals surface area contributed by atoms with Gasteiger partial charge in [-0.3, -0.25) is 0 Å². The van der Waals surface area contributed by atoms with E-state index in [9.17, 15) is 0 Å². The van der Waals surface area contributed by atoms with Crippen LogP contribution in [0.15, 0.2) is 12.1 Å². The van der Waals surface area contributed by atoms with Crippen LogP contribution in [0.2, 0.25) is 0 Å². The molecule has 4 nitrogen and oxygen atoms in total. The molecule has 84 valence electrons. The minimum atomic E-state index is 0.494. The summed E-state index contributed by atoms with van der Waals surface area (Å²) in [5.41, 5.74) is 6.37. The van der Waals surface area contributed by atoms with Gasteiger partial charge in [0.15, 0.2) is 11.5 Å². The van der Waals surface area contributed by atoms with Crippen molar-refractivity contribution >= 4 is 0 Å². The number of hydrogen-bond donors (Lipinski definition) is 1. The monoisotopic (exact) mass is 211 g/mol. The van der Waals surface area contributed by atoms with Gasteiger partial charge in [0, 0.05) is 12.6 Å². The third-order valence-electron chi connectivity index (χ3n) is 2.06. The molecule has 0 saturated carbocycles. The minimum absolute atomic E-state index is 0.494. The highest BCUT2D eigenvalue weighted by atomic mass is 16.5. The number of methoxy groups -OCH3 is 2. The van der Waals surface area contributed by atoms with Crippen molar-refractivity contribution in [3.05, 3.63) is 17.7 Å². The summed E-state index contributed by atoms with van der Waals surface area (Å²) in [7, 11) is 3.21. The molecule has 1 aromatic rings. The molecule has 15 heavy (non-hydrogen) atoms.